The predicted molar refractivity (Wildman–Crippen MR) is 201 cm³/mol. The summed E-state index contributed by atoms with van der Waals surface area (Å²) in [6.07, 6.45) is 9.84. The topological polar surface area (TPSA) is 6.48 Å². The molecule has 0 saturated heterocycles. The van der Waals surface area contributed by atoms with Gasteiger partial charge in [-0.3, -0.25) is 0 Å². The largest absolute Gasteiger partial charge is 0.332 e. The normalized spacial score (nSPS) is 15.6. The Morgan fingerprint density at radius 2 is 0.915 bits per heavy atom. The molecule has 2 nitrogen and oxygen atoms in total. The van der Waals surface area contributed by atoms with Crippen molar-refractivity contribution in [2.45, 2.75) is 18.9 Å². The smallest absolute Gasteiger partial charge is 0.0642 e. The molecule has 7 aromatic rings. The lowest BCUT2D eigenvalue weighted by Crippen LogP contribution is -2.42. The van der Waals surface area contributed by atoms with Gasteiger partial charge in [0.2, 0.25) is 0 Å². The minimum Gasteiger partial charge on any atom is -0.332 e. The highest BCUT2D eigenvalue weighted by atomic mass is 15.2. The molecule has 7 aromatic carbocycles. The number of fused-ring (bicyclic) bond motifs is 2. The molecule has 0 amide bonds. The Morgan fingerprint density at radius 1 is 0.426 bits per heavy atom. The maximum atomic E-state index is 2.48. The number of para-hydroxylation sites is 1. The van der Waals surface area contributed by atoms with Crippen LogP contribution in [0.3, 0.4) is 0 Å². The van der Waals surface area contributed by atoms with Gasteiger partial charge in [0, 0.05) is 28.4 Å². The van der Waals surface area contributed by atoms with E-state index in [2.05, 4.69) is 205 Å². The average Bonchev–Trinajstić information content (AvgIpc) is 3.13. The van der Waals surface area contributed by atoms with E-state index < -0.39 is 0 Å². The number of rotatable bonds is 7. The number of hydrogen-bond donors (Lipinski definition) is 0. The molecular formula is C45H36N2. The summed E-state index contributed by atoms with van der Waals surface area (Å²) in [6, 6.07) is 59.2. The van der Waals surface area contributed by atoms with Gasteiger partial charge in [0.1, 0.15) is 0 Å². The molecule has 0 aliphatic heterocycles. The van der Waals surface area contributed by atoms with Gasteiger partial charge in [0.15, 0.2) is 0 Å². The van der Waals surface area contributed by atoms with Gasteiger partial charge in [-0.2, -0.15) is 0 Å². The zero-order valence-corrected chi connectivity index (χ0v) is 26.5. The molecule has 1 atom stereocenters. The van der Waals surface area contributed by atoms with Crippen LogP contribution in [-0.4, -0.2) is 5.54 Å². The van der Waals surface area contributed by atoms with Crippen LogP contribution in [0.5, 0.6) is 0 Å². The molecule has 0 N–H and O–H groups in total. The van der Waals surface area contributed by atoms with Crippen LogP contribution in [0.25, 0.3) is 32.7 Å². The molecule has 1 aliphatic rings. The lowest BCUT2D eigenvalue weighted by atomic mass is 9.89. The second-order valence-electron chi connectivity index (χ2n) is 12.5. The van der Waals surface area contributed by atoms with E-state index in [9.17, 15) is 0 Å². The summed E-state index contributed by atoms with van der Waals surface area (Å²) < 4.78 is 0. The molecule has 0 saturated carbocycles. The van der Waals surface area contributed by atoms with Crippen LogP contribution in [0.2, 0.25) is 0 Å². The summed E-state index contributed by atoms with van der Waals surface area (Å²) in [5, 5.41) is 4.98. The molecule has 1 aliphatic carbocycles. The highest BCUT2D eigenvalue weighted by Crippen LogP contribution is 2.41. The summed E-state index contributed by atoms with van der Waals surface area (Å²) in [5.41, 5.74) is 7.97. The maximum Gasteiger partial charge on any atom is 0.0642 e. The predicted octanol–water partition coefficient (Wildman–Crippen LogP) is 12.5. The van der Waals surface area contributed by atoms with Gasteiger partial charge in [-0.05, 0) is 107 Å². The zero-order chi connectivity index (χ0) is 31.6. The molecule has 0 aromatic heterocycles. The minimum absolute atomic E-state index is 0.177. The Bertz CT molecular complexity index is 2230. The van der Waals surface area contributed by atoms with E-state index in [4.69, 9.17) is 0 Å². The molecule has 0 bridgehead atoms. The number of allylic oxidation sites excluding steroid dienone is 2. The van der Waals surface area contributed by atoms with Crippen molar-refractivity contribution in [3.63, 3.8) is 0 Å². The summed E-state index contributed by atoms with van der Waals surface area (Å²) >= 11 is 0. The van der Waals surface area contributed by atoms with Gasteiger partial charge >= 0.3 is 0 Å². The van der Waals surface area contributed by atoms with Crippen LogP contribution < -0.4 is 9.80 Å². The first kappa shape index (κ1) is 28.6. The van der Waals surface area contributed by atoms with Crippen molar-refractivity contribution < 1.29 is 0 Å². The van der Waals surface area contributed by atoms with Crippen LogP contribution in [0.4, 0.5) is 28.4 Å². The SMILES string of the molecule is CC1(N(c2ccc(-c3ccc(N(c4ccccc4)c4ccc5ccccc5c4)cc3)cc2)c2ccc3ccccc3c2)C=CC=CC1. The highest BCUT2D eigenvalue weighted by Gasteiger charge is 2.31. The molecule has 8 rings (SSSR count). The lowest BCUT2D eigenvalue weighted by molar-refractivity contribution is 0.570. The number of nitrogens with zero attached hydrogens (tertiary/aromatic N) is 2. The zero-order valence-electron chi connectivity index (χ0n) is 26.5. The van der Waals surface area contributed by atoms with E-state index in [0.717, 1.165) is 23.5 Å². The third-order valence-corrected chi connectivity index (χ3v) is 9.33. The maximum absolute atomic E-state index is 2.48. The summed E-state index contributed by atoms with van der Waals surface area (Å²) in [6.45, 7) is 2.32. The Hall–Kier alpha value is -5.86. The van der Waals surface area contributed by atoms with E-state index in [0.29, 0.717) is 0 Å². The monoisotopic (exact) mass is 604 g/mol. The molecule has 1 unspecified atom stereocenters. The molecule has 2 heteroatoms. The van der Waals surface area contributed by atoms with E-state index in [1.165, 1.54) is 44.0 Å². The number of anilines is 5. The van der Waals surface area contributed by atoms with Gasteiger partial charge in [-0.15, -0.1) is 0 Å². The van der Waals surface area contributed by atoms with Crippen molar-refractivity contribution >= 4 is 50.0 Å². The van der Waals surface area contributed by atoms with Crippen LogP contribution >= 0.6 is 0 Å². The first-order chi connectivity index (χ1) is 23.1. The van der Waals surface area contributed by atoms with Gasteiger partial charge < -0.3 is 9.80 Å². The highest BCUT2D eigenvalue weighted by molar-refractivity contribution is 5.90. The first-order valence-electron chi connectivity index (χ1n) is 16.3. The van der Waals surface area contributed by atoms with E-state index in [1.54, 1.807) is 0 Å². The standard InChI is InChI=1S/C45H36N2/c1-45(30-10-3-11-31-45)47(44-29-23-35-13-7-9-15-39(35)33-44)42-26-20-37(21-27-42)36-18-24-41(25-19-36)46(40-16-4-2-5-17-40)43-28-22-34-12-6-8-14-38(34)32-43/h2-30,32-33H,31H2,1H3. The second-order valence-corrected chi connectivity index (χ2v) is 12.5. The Morgan fingerprint density at radius 3 is 1.51 bits per heavy atom. The van der Waals surface area contributed by atoms with Crippen LogP contribution in [0.1, 0.15) is 13.3 Å². The summed E-state index contributed by atoms with van der Waals surface area (Å²) in [7, 11) is 0. The van der Waals surface area contributed by atoms with Crippen molar-refractivity contribution in [3.05, 3.63) is 188 Å². The fourth-order valence-electron chi connectivity index (χ4n) is 6.88. The number of benzene rings is 7. The van der Waals surface area contributed by atoms with E-state index >= 15 is 0 Å². The fourth-order valence-corrected chi connectivity index (χ4v) is 6.88. The average molecular weight is 605 g/mol. The fraction of sp³-hybridized carbons (Fsp3) is 0.0667. The van der Waals surface area contributed by atoms with Crippen molar-refractivity contribution in [1.29, 1.82) is 0 Å². The van der Waals surface area contributed by atoms with Crippen LogP contribution in [-0.2, 0) is 0 Å². The third-order valence-electron chi connectivity index (χ3n) is 9.33. The van der Waals surface area contributed by atoms with Gasteiger partial charge in [0.25, 0.3) is 0 Å². The lowest BCUT2D eigenvalue weighted by Gasteiger charge is -2.42. The Labute approximate surface area is 277 Å². The number of hydrogen-bond acceptors (Lipinski definition) is 2. The molecule has 0 spiro atoms. The van der Waals surface area contributed by atoms with Crippen LogP contribution in [0, 0.1) is 0 Å². The van der Waals surface area contributed by atoms with Crippen molar-refractivity contribution in [1.82, 2.24) is 0 Å². The second kappa shape index (κ2) is 12.2. The van der Waals surface area contributed by atoms with E-state index in [1.807, 2.05) is 0 Å². The molecule has 226 valence electrons. The molecular weight excluding hydrogens is 569 g/mol. The molecule has 0 radical (unpaired) electrons. The summed E-state index contributed by atoms with van der Waals surface area (Å²) in [4.78, 5) is 4.81. The van der Waals surface area contributed by atoms with Crippen molar-refractivity contribution in [2.24, 2.45) is 0 Å². The van der Waals surface area contributed by atoms with E-state index in [-0.39, 0.29) is 5.54 Å². The van der Waals surface area contributed by atoms with Crippen molar-refractivity contribution in [2.75, 3.05) is 9.80 Å². The first-order valence-corrected chi connectivity index (χ1v) is 16.3. The van der Waals surface area contributed by atoms with Crippen LogP contribution in [0.15, 0.2) is 188 Å². The van der Waals surface area contributed by atoms with Crippen molar-refractivity contribution in [3.8, 4) is 11.1 Å². The molecule has 0 fully saturated rings. The molecule has 47 heavy (non-hydrogen) atoms. The Balaban J connectivity index is 1.13. The molecule has 0 heterocycles. The summed E-state index contributed by atoms with van der Waals surface area (Å²) in [5.74, 6) is 0. The minimum atomic E-state index is -0.177. The van der Waals surface area contributed by atoms with Gasteiger partial charge in [-0.25, -0.2) is 0 Å². The van der Waals surface area contributed by atoms with Gasteiger partial charge in [-0.1, -0.05) is 127 Å². The third kappa shape index (κ3) is 5.60. The van der Waals surface area contributed by atoms with Gasteiger partial charge in [0.05, 0.1) is 5.54 Å². The Kier molecular flexibility index (Phi) is 7.39. The quantitative estimate of drug-likeness (QED) is 0.179.